The Kier molecular flexibility index (Phi) is 13.0. The largest absolute Gasteiger partial charge is 0.464 e. The second-order valence-electron chi connectivity index (χ2n) is 10.5. The molecule has 7 heteroatoms. The van der Waals surface area contributed by atoms with Crippen LogP contribution >= 0.6 is 0 Å². The van der Waals surface area contributed by atoms with Gasteiger partial charge in [-0.05, 0) is 36.8 Å². The van der Waals surface area contributed by atoms with Gasteiger partial charge in [-0.3, -0.25) is 9.69 Å². The molecular formula is C30H46FNO5. The molecular weight excluding hydrogens is 473 g/mol. The molecule has 3 rings (SSSR count). The zero-order valence-corrected chi connectivity index (χ0v) is 22.4. The Labute approximate surface area is 221 Å². The lowest BCUT2D eigenvalue weighted by Crippen LogP contribution is -2.38. The molecule has 0 radical (unpaired) electrons. The van der Waals surface area contributed by atoms with Crippen LogP contribution in [0.1, 0.15) is 87.9 Å². The van der Waals surface area contributed by atoms with Crippen molar-refractivity contribution in [3.05, 3.63) is 47.5 Å². The summed E-state index contributed by atoms with van der Waals surface area (Å²) in [7, 11) is 0. The van der Waals surface area contributed by atoms with Crippen molar-refractivity contribution in [1.29, 1.82) is 0 Å². The summed E-state index contributed by atoms with van der Waals surface area (Å²) in [4.78, 5) is 14.2. The zero-order chi connectivity index (χ0) is 26.5. The van der Waals surface area contributed by atoms with E-state index in [2.05, 4.69) is 11.8 Å². The standard InChI is InChI=1S/C30H46FNO5/c1-2-3-6-10-27(33)23-12-14-24(15-13-23)30-25(26(31)22-28(30)34)9-7-4-5-8-11-29(35)37-21-18-32-16-19-36-20-17-32/h4,7,12-15,25-28,30,33-34H,2-3,5-6,8-11,16-22H2,1H3/t25-,26+,27?,28+,30+/m0/s1. The summed E-state index contributed by atoms with van der Waals surface area (Å²) < 4.78 is 25.4. The number of carbonyl (C=O) groups excluding carboxylic acids is 1. The summed E-state index contributed by atoms with van der Waals surface area (Å²) in [5.41, 5.74) is 1.80. The molecule has 2 aliphatic rings. The van der Waals surface area contributed by atoms with Gasteiger partial charge < -0.3 is 19.7 Å². The third kappa shape index (κ3) is 9.78. The smallest absolute Gasteiger partial charge is 0.305 e. The minimum absolute atomic E-state index is 0.154. The molecule has 37 heavy (non-hydrogen) atoms. The summed E-state index contributed by atoms with van der Waals surface area (Å²) in [6, 6.07) is 7.70. The number of morpholine rings is 1. The van der Waals surface area contributed by atoms with Gasteiger partial charge in [0.05, 0.1) is 25.4 Å². The topological polar surface area (TPSA) is 79.2 Å². The second-order valence-corrected chi connectivity index (χ2v) is 10.5. The highest BCUT2D eigenvalue weighted by Gasteiger charge is 2.42. The molecule has 5 atom stereocenters. The highest BCUT2D eigenvalue weighted by atomic mass is 19.1. The van der Waals surface area contributed by atoms with Crippen LogP contribution in [-0.2, 0) is 14.3 Å². The Hall–Kier alpha value is -1.80. The number of alkyl halides is 1. The minimum Gasteiger partial charge on any atom is -0.464 e. The van der Waals surface area contributed by atoms with Crippen molar-refractivity contribution >= 4 is 5.97 Å². The van der Waals surface area contributed by atoms with Crippen LogP contribution in [0.4, 0.5) is 4.39 Å². The predicted molar refractivity (Wildman–Crippen MR) is 143 cm³/mol. The molecule has 0 amide bonds. The summed E-state index contributed by atoms with van der Waals surface area (Å²) >= 11 is 0. The number of hydrogen-bond donors (Lipinski definition) is 2. The quantitative estimate of drug-likeness (QED) is 0.191. The van der Waals surface area contributed by atoms with Gasteiger partial charge in [-0.1, -0.05) is 62.6 Å². The number of aliphatic hydroxyl groups excluding tert-OH is 2. The fraction of sp³-hybridized carbons (Fsp3) is 0.700. The van der Waals surface area contributed by atoms with Crippen molar-refractivity contribution in [2.24, 2.45) is 5.92 Å². The molecule has 1 saturated heterocycles. The number of aliphatic hydroxyl groups is 2. The first-order valence-corrected chi connectivity index (χ1v) is 14.2. The van der Waals surface area contributed by atoms with E-state index in [-0.39, 0.29) is 24.2 Å². The first kappa shape index (κ1) is 29.8. The number of ether oxygens (including phenoxy) is 2. The van der Waals surface area contributed by atoms with E-state index in [4.69, 9.17) is 9.47 Å². The highest BCUT2D eigenvalue weighted by molar-refractivity contribution is 5.69. The molecule has 0 aromatic heterocycles. The van der Waals surface area contributed by atoms with Crippen molar-refractivity contribution in [1.82, 2.24) is 4.90 Å². The number of halogens is 1. The molecule has 2 N–H and O–H groups in total. The molecule has 1 aromatic carbocycles. The van der Waals surface area contributed by atoms with Crippen LogP contribution in [0.5, 0.6) is 0 Å². The van der Waals surface area contributed by atoms with E-state index in [9.17, 15) is 19.4 Å². The zero-order valence-electron chi connectivity index (χ0n) is 22.4. The maximum Gasteiger partial charge on any atom is 0.305 e. The lowest BCUT2D eigenvalue weighted by atomic mass is 9.84. The van der Waals surface area contributed by atoms with Gasteiger partial charge in [-0.2, -0.15) is 0 Å². The van der Waals surface area contributed by atoms with E-state index in [0.29, 0.717) is 25.9 Å². The van der Waals surface area contributed by atoms with Crippen LogP contribution in [0.15, 0.2) is 36.4 Å². The summed E-state index contributed by atoms with van der Waals surface area (Å²) in [5.74, 6) is -0.715. The van der Waals surface area contributed by atoms with Crippen molar-refractivity contribution in [3.8, 4) is 0 Å². The minimum atomic E-state index is -1.05. The summed E-state index contributed by atoms with van der Waals surface area (Å²) in [5, 5.41) is 21.0. The molecule has 1 unspecified atom stereocenters. The number of esters is 1. The number of allylic oxidation sites excluding steroid dienone is 2. The molecule has 0 spiro atoms. The number of rotatable bonds is 15. The van der Waals surface area contributed by atoms with Gasteiger partial charge in [-0.15, -0.1) is 0 Å². The number of hydrogen-bond acceptors (Lipinski definition) is 6. The average Bonchev–Trinajstić information content (AvgIpc) is 3.19. The number of benzene rings is 1. The Morgan fingerprint density at radius 2 is 1.95 bits per heavy atom. The van der Waals surface area contributed by atoms with Crippen molar-refractivity contribution < 1.29 is 28.9 Å². The van der Waals surface area contributed by atoms with Crippen molar-refractivity contribution in [3.63, 3.8) is 0 Å². The molecule has 0 bridgehead atoms. The van der Waals surface area contributed by atoms with E-state index in [1.807, 2.05) is 36.4 Å². The molecule has 1 saturated carbocycles. The van der Waals surface area contributed by atoms with Crippen LogP contribution in [0.3, 0.4) is 0 Å². The Balaban J connectivity index is 1.38. The Morgan fingerprint density at radius 3 is 2.68 bits per heavy atom. The van der Waals surface area contributed by atoms with Gasteiger partial charge in [0.1, 0.15) is 12.8 Å². The maximum absolute atomic E-state index is 14.8. The first-order chi connectivity index (χ1) is 18.0. The highest BCUT2D eigenvalue weighted by Crippen LogP contribution is 2.44. The average molecular weight is 520 g/mol. The first-order valence-electron chi connectivity index (χ1n) is 14.2. The van der Waals surface area contributed by atoms with Crippen LogP contribution in [0, 0.1) is 5.92 Å². The number of nitrogens with zero attached hydrogens (tertiary/aromatic N) is 1. The number of unbranched alkanes of at least 4 members (excludes halogenated alkanes) is 3. The maximum atomic E-state index is 14.8. The third-order valence-corrected chi connectivity index (χ3v) is 7.70. The van der Waals surface area contributed by atoms with Crippen LogP contribution in [0.25, 0.3) is 0 Å². The lowest BCUT2D eigenvalue weighted by Gasteiger charge is -2.26. The fourth-order valence-corrected chi connectivity index (χ4v) is 5.44. The van der Waals surface area contributed by atoms with E-state index >= 15 is 0 Å². The monoisotopic (exact) mass is 519 g/mol. The van der Waals surface area contributed by atoms with Gasteiger partial charge in [0, 0.05) is 44.3 Å². The molecule has 1 aliphatic carbocycles. The SMILES string of the molecule is CCCCCC(O)c1ccc([C@@H]2[C@@H](CC=CCCCC(=O)OCCN3CCOCC3)[C@H](F)C[C@H]2O)cc1. The van der Waals surface area contributed by atoms with E-state index in [0.717, 1.165) is 76.1 Å². The van der Waals surface area contributed by atoms with Crippen molar-refractivity contribution in [2.75, 3.05) is 39.5 Å². The molecule has 208 valence electrons. The van der Waals surface area contributed by atoms with Crippen LogP contribution in [0.2, 0.25) is 0 Å². The van der Waals surface area contributed by atoms with E-state index in [1.54, 1.807) is 0 Å². The fourth-order valence-electron chi connectivity index (χ4n) is 5.44. The predicted octanol–water partition coefficient (Wildman–Crippen LogP) is 5.09. The number of carbonyl (C=O) groups is 1. The van der Waals surface area contributed by atoms with E-state index < -0.39 is 18.4 Å². The Morgan fingerprint density at radius 1 is 1.19 bits per heavy atom. The van der Waals surface area contributed by atoms with Gasteiger partial charge in [-0.25, -0.2) is 4.39 Å². The molecule has 6 nitrogen and oxygen atoms in total. The lowest BCUT2D eigenvalue weighted by molar-refractivity contribution is -0.144. The van der Waals surface area contributed by atoms with Crippen LogP contribution in [-0.4, -0.2) is 72.8 Å². The van der Waals surface area contributed by atoms with Crippen LogP contribution < -0.4 is 0 Å². The van der Waals surface area contributed by atoms with Gasteiger partial charge in [0.25, 0.3) is 0 Å². The van der Waals surface area contributed by atoms with Gasteiger partial charge >= 0.3 is 5.97 Å². The summed E-state index contributed by atoms with van der Waals surface area (Å²) in [6.45, 7) is 6.54. The summed E-state index contributed by atoms with van der Waals surface area (Å²) in [6.07, 6.45) is 8.23. The molecule has 1 aliphatic heterocycles. The molecule has 1 aromatic rings. The molecule has 2 fully saturated rings. The van der Waals surface area contributed by atoms with E-state index in [1.165, 1.54) is 0 Å². The normalized spacial score (nSPS) is 25.5. The van der Waals surface area contributed by atoms with Gasteiger partial charge in [0.2, 0.25) is 0 Å². The molecule has 1 heterocycles. The van der Waals surface area contributed by atoms with Gasteiger partial charge in [0.15, 0.2) is 0 Å². The van der Waals surface area contributed by atoms with Crippen molar-refractivity contribution in [2.45, 2.75) is 89.0 Å². The second kappa shape index (κ2) is 16.2. The Bertz CT molecular complexity index is 811. The third-order valence-electron chi connectivity index (χ3n) is 7.70.